The molecule has 0 aliphatic carbocycles. The van der Waals surface area contributed by atoms with Crippen LogP contribution in [-0.4, -0.2) is 31.2 Å². The fraction of sp³-hybridized carbons (Fsp3) is 0.316. The monoisotopic (exact) mass is 392 g/mol. The van der Waals surface area contributed by atoms with E-state index in [-0.39, 0.29) is 10.8 Å². The van der Waals surface area contributed by atoms with E-state index in [2.05, 4.69) is 5.32 Å². The summed E-state index contributed by atoms with van der Waals surface area (Å²) in [6.45, 7) is 2.71. The molecule has 2 aromatic rings. The minimum atomic E-state index is -3.73. The number of benzene rings is 2. The Labute approximate surface area is 159 Å². The number of sulfonamides is 1. The molecule has 1 aliphatic heterocycles. The SMILES string of the molecule is Cc1cccc(CNC(=O)C2CCCN2S(=O)(=O)c2ccc(Cl)cc2)c1. The van der Waals surface area contributed by atoms with Crippen molar-refractivity contribution in [3.8, 4) is 0 Å². The molecule has 0 bridgehead atoms. The van der Waals surface area contributed by atoms with Gasteiger partial charge in [-0.05, 0) is 49.6 Å². The summed E-state index contributed by atoms with van der Waals surface area (Å²) in [5.41, 5.74) is 2.10. The minimum Gasteiger partial charge on any atom is -0.351 e. The van der Waals surface area contributed by atoms with Crippen LogP contribution in [-0.2, 0) is 21.4 Å². The maximum Gasteiger partial charge on any atom is 0.243 e. The third-order valence-electron chi connectivity index (χ3n) is 4.48. The maximum absolute atomic E-state index is 12.9. The molecule has 1 atom stereocenters. The Balaban J connectivity index is 1.72. The number of rotatable bonds is 5. The quantitative estimate of drug-likeness (QED) is 0.850. The maximum atomic E-state index is 12.9. The molecule has 1 heterocycles. The standard InChI is InChI=1S/C19H21ClN2O3S/c1-14-4-2-5-15(12-14)13-21-19(23)18-6-3-11-22(18)26(24,25)17-9-7-16(20)8-10-17/h2,4-5,7-10,12,18H,3,6,11,13H2,1H3,(H,21,23). The van der Waals surface area contributed by atoms with Gasteiger partial charge >= 0.3 is 0 Å². The second-order valence-electron chi connectivity index (χ2n) is 6.43. The van der Waals surface area contributed by atoms with Gasteiger partial charge in [-0.1, -0.05) is 41.4 Å². The van der Waals surface area contributed by atoms with Gasteiger partial charge in [0.05, 0.1) is 4.90 Å². The molecule has 1 aliphatic rings. The van der Waals surface area contributed by atoms with Crippen molar-refractivity contribution in [3.05, 3.63) is 64.7 Å². The number of aryl methyl sites for hydroxylation is 1. The Bertz CT molecular complexity index is 897. The normalized spacial score (nSPS) is 18.0. The van der Waals surface area contributed by atoms with Crippen molar-refractivity contribution in [1.29, 1.82) is 0 Å². The Morgan fingerprint density at radius 1 is 1.23 bits per heavy atom. The van der Waals surface area contributed by atoms with Gasteiger partial charge in [0, 0.05) is 18.1 Å². The van der Waals surface area contributed by atoms with E-state index >= 15 is 0 Å². The van der Waals surface area contributed by atoms with Crippen LogP contribution in [0.5, 0.6) is 0 Å². The first kappa shape index (κ1) is 18.9. The van der Waals surface area contributed by atoms with Crippen molar-refractivity contribution in [1.82, 2.24) is 9.62 Å². The summed E-state index contributed by atoms with van der Waals surface area (Å²) in [7, 11) is -3.73. The lowest BCUT2D eigenvalue weighted by Gasteiger charge is -2.23. The highest BCUT2D eigenvalue weighted by Crippen LogP contribution is 2.27. The lowest BCUT2D eigenvalue weighted by atomic mass is 10.1. The summed E-state index contributed by atoms with van der Waals surface area (Å²) in [5.74, 6) is -0.262. The number of carbonyl (C=O) groups is 1. The van der Waals surface area contributed by atoms with Gasteiger partial charge in [0.2, 0.25) is 15.9 Å². The molecule has 0 aromatic heterocycles. The first-order chi connectivity index (χ1) is 12.4. The number of nitrogens with one attached hydrogen (secondary N) is 1. The average Bonchev–Trinajstić information content (AvgIpc) is 3.11. The largest absolute Gasteiger partial charge is 0.351 e. The second-order valence-corrected chi connectivity index (χ2v) is 8.76. The van der Waals surface area contributed by atoms with Crippen molar-refractivity contribution in [2.24, 2.45) is 0 Å². The number of nitrogens with zero attached hydrogens (tertiary/aromatic N) is 1. The van der Waals surface area contributed by atoms with Gasteiger partial charge in [0.15, 0.2) is 0 Å². The van der Waals surface area contributed by atoms with Crippen LogP contribution in [0.1, 0.15) is 24.0 Å². The minimum absolute atomic E-state index is 0.153. The number of amides is 1. The molecular weight excluding hydrogens is 372 g/mol. The van der Waals surface area contributed by atoms with Crippen LogP contribution < -0.4 is 5.32 Å². The number of halogens is 1. The Kier molecular flexibility index (Phi) is 5.65. The first-order valence-electron chi connectivity index (χ1n) is 8.48. The summed E-state index contributed by atoms with van der Waals surface area (Å²) in [6, 6.07) is 13.2. The van der Waals surface area contributed by atoms with Crippen LogP contribution in [0, 0.1) is 6.92 Å². The third-order valence-corrected chi connectivity index (χ3v) is 6.65. The lowest BCUT2D eigenvalue weighted by molar-refractivity contribution is -0.124. The molecule has 3 rings (SSSR count). The molecule has 1 N–H and O–H groups in total. The Morgan fingerprint density at radius 2 is 1.96 bits per heavy atom. The molecule has 1 unspecified atom stereocenters. The Morgan fingerprint density at radius 3 is 2.65 bits per heavy atom. The van der Waals surface area contributed by atoms with Crippen molar-refractivity contribution in [2.75, 3.05) is 6.54 Å². The summed E-state index contributed by atoms with van der Waals surface area (Å²) in [5, 5.41) is 3.33. The topological polar surface area (TPSA) is 66.5 Å². The van der Waals surface area contributed by atoms with Crippen LogP contribution in [0.2, 0.25) is 5.02 Å². The summed E-state index contributed by atoms with van der Waals surface area (Å²) in [4.78, 5) is 12.8. The van der Waals surface area contributed by atoms with E-state index in [0.29, 0.717) is 31.0 Å². The molecule has 2 aromatic carbocycles. The van der Waals surface area contributed by atoms with Gasteiger partial charge in [0.25, 0.3) is 0 Å². The molecule has 0 radical (unpaired) electrons. The number of hydrogen-bond acceptors (Lipinski definition) is 3. The fourth-order valence-electron chi connectivity index (χ4n) is 3.16. The fourth-order valence-corrected chi connectivity index (χ4v) is 4.94. The first-order valence-corrected chi connectivity index (χ1v) is 10.3. The molecule has 1 amide bonds. The predicted octanol–water partition coefficient (Wildman–Crippen LogP) is 3.12. The predicted molar refractivity (Wildman–Crippen MR) is 101 cm³/mol. The smallest absolute Gasteiger partial charge is 0.243 e. The zero-order valence-corrected chi connectivity index (χ0v) is 16.1. The van der Waals surface area contributed by atoms with Crippen LogP contribution >= 0.6 is 11.6 Å². The molecule has 0 spiro atoms. The molecule has 1 fully saturated rings. The van der Waals surface area contributed by atoms with Crippen LogP contribution in [0.4, 0.5) is 0 Å². The summed E-state index contributed by atoms with van der Waals surface area (Å²) < 4.78 is 27.1. The molecule has 1 saturated heterocycles. The summed E-state index contributed by atoms with van der Waals surface area (Å²) >= 11 is 5.84. The van der Waals surface area contributed by atoms with E-state index in [9.17, 15) is 13.2 Å². The zero-order chi connectivity index (χ0) is 18.7. The van der Waals surface area contributed by atoms with Crippen LogP contribution in [0.25, 0.3) is 0 Å². The summed E-state index contributed by atoms with van der Waals surface area (Å²) in [6.07, 6.45) is 1.18. The highest BCUT2D eigenvalue weighted by Gasteiger charge is 2.39. The van der Waals surface area contributed by atoms with E-state index in [4.69, 9.17) is 11.6 Å². The van der Waals surface area contributed by atoms with Gasteiger partial charge in [-0.25, -0.2) is 8.42 Å². The van der Waals surface area contributed by atoms with E-state index in [1.807, 2.05) is 31.2 Å². The molecule has 5 nitrogen and oxygen atoms in total. The highest BCUT2D eigenvalue weighted by atomic mass is 35.5. The average molecular weight is 393 g/mol. The molecule has 138 valence electrons. The van der Waals surface area contributed by atoms with Gasteiger partial charge in [0.1, 0.15) is 6.04 Å². The zero-order valence-electron chi connectivity index (χ0n) is 14.5. The second kappa shape index (κ2) is 7.78. The third kappa shape index (κ3) is 4.09. The molecular formula is C19H21ClN2O3S. The van der Waals surface area contributed by atoms with Crippen LogP contribution in [0.3, 0.4) is 0 Å². The van der Waals surface area contributed by atoms with Crippen molar-refractivity contribution in [3.63, 3.8) is 0 Å². The van der Waals surface area contributed by atoms with E-state index in [0.717, 1.165) is 11.1 Å². The van der Waals surface area contributed by atoms with E-state index in [1.165, 1.54) is 28.6 Å². The van der Waals surface area contributed by atoms with Crippen molar-refractivity contribution in [2.45, 2.75) is 37.2 Å². The van der Waals surface area contributed by atoms with E-state index < -0.39 is 16.1 Å². The van der Waals surface area contributed by atoms with Gasteiger partial charge in [-0.3, -0.25) is 4.79 Å². The number of carbonyl (C=O) groups excluding carboxylic acids is 1. The van der Waals surface area contributed by atoms with Crippen molar-refractivity contribution < 1.29 is 13.2 Å². The van der Waals surface area contributed by atoms with Crippen molar-refractivity contribution >= 4 is 27.5 Å². The highest BCUT2D eigenvalue weighted by molar-refractivity contribution is 7.89. The number of hydrogen-bond donors (Lipinski definition) is 1. The lowest BCUT2D eigenvalue weighted by Crippen LogP contribution is -2.45. The van der Waals surface area contributed by atoms with Gasteiger partial charge < -0.3 is 5.32 Å². The molecule has 26 heavy (non-hydrogen) atoms. The molecule has 7 heteroatoms. The van der Waals surface area contributed by atoms with Gasteiger partial charge in [-0.2, -0.15) is 4.31 Å². The van der Waals surface area contributed by atoms with E-state index in [1.54, 1.807) is 0 Å². The van der Waals surface area contributed by atoms with Crippen LogP contribution in [0.15, 0.2) is 53.4 Å². The Hall–Kier alpha value is -1.89. The molecule has 0 saturated carbocycles. The van der Waals surface area contributed by atoms with Gasteiger partial charge in [-0.15, -0.1) is 0 Å².